The fourth-order valence-corrected chi connectivity index (χ4v) is 1.36. The van der Waals surface area contributed by atoms with Crippen molar-refractivity contribution < 1.29 is 4.79 Å². The van der Waals surface area contributed by atoms with Gasteiger partial charge in [-0.05, 0) is 24.5 Å². The summed E-state index contributed by atoms with van der Waals surface area (Å²) in [6, 6.07) is 9.13. The van der Waals surface area contributed by atoms with E-state index in [1.165, 1.54) is 0 Å². The molecular formula is C12H18N2O. The molecule has 0 atom stereocenters. The van der Waals surface area contributed by atoms with Gasteiger partial charge in [0.05, 0.1) is 0 Å². The van der Waals surface area contributed by atoms with Gasteiger partial charge in [-0.2, -0.15) is 0 Å². The van der Waals surface area contributed by atoms with E-state index >= 15 is 0 Å². The number of primary amides is 1. The molecule has 1 aromatic carbocycles. The quantitative estimate of drug-likeness (QED) is 0.808. The van der Waals surface area contributed by atoms with E-state index < -0.39 is 0 Å². The molecule has 0 saturated heterocycles. The van der Waals surface area contributed by atoms with Crippen LogP contribution in [0.2, 0.25) is 0 Å². The zero-order valence-corrected chi connectivity index (χ0v) is 9.31. The Morgan fingerprint density at radius 1 is 1.33 bits per heavy atom. The average molecular weight is 206 g/mol. The second kappa shape index (κ2) is 5.39. The Bertz CT molecular complexity index is 309. The largest absolute Gasteiger partial charge is 0.351 e. The van der Waals surface area contributed by atoms with Crippen molar-refractivity contribution in [2.24, 2.45) is 11.7 Å². The van der Waals surface area contributed by atoms with Crippen molar-refractivity contribution in [1.29, 1.82) is 0 Å². The molecule has 0 unspecified atom stereocenters. The number of carbonyl (C=O) groups excluding carboxylic acids is 1. The second-order valence-electron chi connectivity index (χ2n) is 4.01. The normalized spacial score (nSPS) is 10.3. The molecule has 15 heavy (non-hydrogen) atoms. The molecule has 0 aliphatic carbocycles. The molecule has 0 radical (unpaired) electrons. The van der Waals surface area contributed by atoms with E-state index in [1.54, 1.807) is 4.90 Å². The van der Waals surface area contributed by atoms with Crippen molar-refractivity contribution in [3.05, 3.63) is 30.3 Å². The van der Waals surface area contributed by atoms with Crippen LogP contribution in [0.5, 0.6) is 0 Å². The molecule has 0 aliphatic heterocycles. The number of para-hydroxylation sites is 1. The van der Waals surface area contributed by atoms with Crippen LogP contribution >= 0.6 is 0 Å². The van der Waals surface area contributed by atoms with Crippen molar-refractivity contribution in [3.8, 4) is 0 Å². The number of carbonyl (C=O) groups is 1. The number of amides is 2. The highest BCUT2D eigenvalue weighted by Gasteiger charge is 2.11. The van der Waals surface area contributed by atoms with Crippen LogP contribution < -0.4 is 10.6 Å². The van der Waals surface area contributed by atoms with Gasteiger partial charge in [0, 0.05) is 12.2 Å². The van der Waals surface area contributed by atoms with Crippen molar-refractivity contribution in [2.45, 2.75) is 20.3 Å². The minimum atomic E-state index is -0.387. The van der Waals surface area contributed by atoms with Crippen LogP contribution in [0, 0.1) is 5.92 Å². The third-order valence-corrected chi connectivity index (χ3v) is 2.26. The summed E-state index contributed by atoms with van der Waals surface area (Å²) in [5.74, 6) is 0.565. The van der Waals surface area contributed by atoms with Crippen LogP contribution in [0.4, 0.5) is 10.5 Å². The topological polar surface area (TPSA) is 46.3 Å². The minimum Gasteiger partial charge on any atom is -0.351 e. The number of nitrogens with zero attached hydrogens (tertiary/aromatic N) is 1. The molecule has 0 aliphatic rings. The van der Waals surface area contributed by atoms with E-state index in [0.29, 0.717) is 12.5 Å². The summed E-state index contributed by atoms with van der Waals surface area (Å²) in [6.07, 6.45) is 0.956. The van der Waals surface area contributed by atoms with Crippen molar-refractivity contribution in [3.63, 3.8) is 0 Å². The maximum Gasteiger partial charge on any atom is 0.319 e. The minimum absolute atomic E-state index is 0.387. The van der Waals surface area contributed by atoms with Crippen molar-refractivity contribution in [2.75, 3.05) is 11.4 Å². The fraction of sp³-hybridized carbons (Fsp3) is 0.417. The Morgan fingerprint density at radius 3 is 2.40 bits per heavy atom. The van der Waals surface area contributed by atoms with Crippen LogP contribution in [-0.4, -0.2) is 12.6 Å². The molecule has 2 amide bonds. The number of hydrogen-bond donors (Lipinski definition) is 1. The second-order valence-corrected chi connectivity index (χ2v) is 4.01. The van der Waals surface area contributed by atoms with Gasteiger partial charge in [0.25, 0.3) is 0 Å². The Kier molecular flexibility index (Phi) is 4.16. The monoisotopic (exact) mass is 206 g/mol. The molecule has 0 aromatic heterocycles. The summed E-state index contributed by atoms with van der Waals surface area (Å²) in [5, 5.41) is 0. The molecule has 0 spiro atoms. The fourth-order valence-electron chi connectivity index (χ4n) is 1.36. The first-order chi connectivity index (χ1) is 7.11. The molecule has 3 nitrogen and oxygen atoms in total. The Hall–Kier alpha value is -1.51. The predicted molar refractivity (Wildman–Crippen MR) is 62.8 cm³/mol. The lowest BCUT2D eigenvalue weighted by Gasteiger charge is -2.21. The molecule has 0 heterocycles. The van der Waals surface area contributed by atoms with Gasteiger partial charge in [-0.15, -0.1) is 0 Å². The summed E-state index contributed by atoms with van der Waals surface area (Å²) in [6.45, 7) is 4.94. The van der Waals surface area contributed by atoms with Crippen LogP contribution in [0.1, 0.15) is 20.3 Å². The smallest absolute Gasteiger partial charge is 0.319 e. The zero-order chi connectivity index (χ0) is 11.3. The van der Waals surface area contributed by atoms with Crippen LogP contribution in [0.3, 0.4) is 0 Å². The van der Waals surface area contributed by atoms with Gasteiger partial charge in [0.1, 0.15) is 0 Å². The molecule has 0 bridgehead atoms. The van der Waals surface area contributed by atoms with Gasteiger partial charge >= 0.3 is 6.03 Å². The third-order valence-electron chi connectivity index (χ3n) is 2.26. The van der Waals surface area contributed by atoms with E-state index in [-0.39, 0.29) is 6.03 Å². The Balaban J connectivity index is 2.71. The molecule has 82 valence electrons. The summed E-state index contributed by atoms with van der Waals surface area (Å²) in [4.78, 5) is 12.9. The van der Waals surface area contributed by atoms with Crippen LogP contribution in [-0.2, 0) is 0 Å². The first-order valence-electron chi connectivity index (χ1n) is 5.23. The van der Waals surface area contributed by atoms with E-state index in [2.05, 4.69) is 13.8 Å². The maximum atomic E-state index is 11.3. The van der Waals surface area contributed by atoms with Gasteiger partial charge < -0.3 is 5.73 Å². The van der Waals surface area contributed by atoms with Gasteiger partial charge in [0.15, 0.2) is 0 Å². The van der Waals surface area contributed by atoms with Crippen LogP contribution in [0.25, 0.3) is 0 Å². The Morgan fingerprint density at radius 2 is 1.93 bits per heavy atom. The standard InChI is InChI=1S/C12H18N2O/c1-10(2)8-9-14(12(13)15)11-6-4-3-5-7-11/h3-7,10H,8-9H2,1-2H3,(H2,13,15). The van der Waals surface area contributed by atoms with Gasteiger partial charge in [-0.1, -0.05) is 32.0 Å². The molecule has 3 heteroatoms. The summed E-state index contributed by atoms with van der Waals surface area (Å²) < 4.78 is 0. The van der Waals surface area contributed by atoms with Crippen molar-refractivity contribution >= 4 is 11.7 Å². The number of hydrogen-bond acceptors (Lipinski definition) is 1. The zero-order valence-electron chi connectivity index (χ0n) is 9.31. The first kappa shape index (κ1) is 11.6. The molecule has 0 fully saturated rings. The predicted octanol–water partition coefficient (Wildman–Crippen LogP) is 2.62. The summed E-state index contributed by atoms with van der Waals surface area (Å²) in [5.41, 5.74) is 6.21. The van der Waals surface area contributed by atoms with Crippen molar-refractivity contribution in [1.82, 2.24) is 0 Å². The Labute approximate surface area is 90.9 Å². The highest BCUT2D eigenvalue weighted by atomic mass is 16.2. The number of nitrogens with two attached hydrogens (primary N) is 1. The number of anilines is 1. The highest BCUT2D eigenvalue weighted by molar-refractivity contribution is 5.90. The van der Waals surface area contributed by atoms with E-state index in [1.807, 2.05) is 30.3 Å². The molecule has 1 aromatic rings. The van der Waals surface area contributed by atoms with Gasteiger partial charge in [-0.3, -0.25) is 4.90 Å². The van der Waals surface area contributed by atoms with Crippen LogP contribution in [0.15, 0.2) is 30.3 Å². The van der Waals surface area contributed by atoms with Gasteiger partial charge in [0.2, 0.25) is 0 Å². The molecular weight excluding hydrogens is 188 g/mol. The lowest BCUT2D eigenvalue weighted by atomic mass is 10.1. The van der Waals surface area contributed by atoms with E-state index in [4.69, 9.17) is 5.73 Å². The number of urea groups is 1. The number of rotatable bonds is 4. The SMILES string of the molecule is CC(C)CCN(C(N)=O)c1ccccc1. The lowest BCUT2D eigenvalue weighted by Crippen LogP contribution is -2.36. The maximum absolute atomic E-state index is 11.3. The first-order valence-corrected chi connectivity index (χ1v) is 5.23. The molecule has 1 rings (SSSR count). The van der Waals surface area contributed by atoms with Gasteiger partial charge in [-0.25, -0.2) is 4.79 Å². The number of benzene rings is 1. The molecule has 2 N–H and O–H groups in total. The summed E-state index contributed by atoms with van der Waals surface area (Å²) in [7, 11) is 0. The van der Waals surface area contributed by atoms with E-state index in [0.717, 1.165) is 12.1 Å². The average Bonchev–Trinajstić information content (AvgIpc) is 2.18. The van der Waals surface area contributed by atoms with E-state index in [9.17, 15) is 4.79 Å². The lowest BCUT2D eigenvalue weighted by molar-refractivity contribution is 0.253. The summed E-state index contributed by atoms with van der Waals surface area (Å²) >= 11 is 0. The molecule has 0 saturated carbocycles. The third kappa shape index (κ3) is 3.62. The highest BCUT2D eigenvalue weighted by Crippen LogP contribution is 2.14.